The number of aliphatic hydroxyl groups excluding tert-OH is 2. The normalized spacial score (nSPS) is 12.7. The Morgan fingerprint density at radius 3 is 1.06 bits per heavy atom. The molecule has 0 aliphatic rings. The Balaban J connectivity index is 3.36. The summed E-state index contributed by atoms with van der Waals surface area (Å²) >= 11 is 0. The summed E-state index contributed by atoms with van der Waals surface area (Å²) < 4.78 is 5.47. The molecule has 0 aliphatic heterocycles. The van der Waals surface area contributed by atoms with Gasteiger partial charge in [-0.3, -0.25) is 9.59 Å². The van der Waals surface area contributed by atoms with Gasteiger partial charge in [-0.1, -0.05) is 295 Å². The van der Waals surface area contributed by atoms with E-state index in [1.807, 2.05) is 6.08 Å². The molecule has 0 rings (SSSR count). The molecule has 0 spiro atoms. The number of carbonyl (C=O) groups is 2. The van der Waals surface area contributed by atoms with Crippen molar-refractivity contribution in [3.05, 3.63) is 24.3 Å². The molecule has 0 aromatic carbocycles. The fraction of sp³-hybridized carbons (Fsp3) is 0.905. The smallest absolute Gasteiger partial charge is 0.305 e. The first-order chi connectivity index (χ1) is 34.0. The van der Waals surface area contributed by atoms with Gasteiger partial charge in [-0.25, -0.2) is 0 Å². The second kappa shape index (κ2) is 58.9. The van der Waals surface area contributed by atoms with Gasteiger partial charge < -0.3 is 20.3 Å². The van der Waals surface area contributed by atoms with Crippen LogP contribution in [-0.2, 0) is 14.3 Å². The first-order valence-corrected chi connectivity index (χ1v) is 31.1. The van der Waals surface area contributed by atoms with Crippen molar-refractivity contribution in [3.8, 4) is 0 Å². The van der Waals surface area contributed by atoms with Crippen molar-refractivity contribution in [3.63, 3.8) is 0 Å². The quantitative estimate of drug-likeness (QED) is 0.0321. The van der Waals surface area contributed by atoms with Crippen LogP contribution in [-0.4, -0.2) is 47.4 Å². The van der Waals surface area contributed by atoms with Gasteiger partial charge in [-0.05, 0) is 57.8 Å². The predicted octanol–water partition coefficient (Wildman–Crippen LogP) is 19.4. The molecule has 0 aromatic rings. The summed E-state index contributed by atoms with van der Waals surface area (Å²) in [6.07, 6.45) is 72.3. The third kappa shape index (κ3) is 55.5. The third-order valence-electron chi connectivity index (χ3n) is 14.5. The number of esters is 1. The number of nitrogens with one attached hydrogen (secondary N) is 1. The summed E-state index contributed by atoms with van der Waals surface area (Å²) in [4.78, 5) is 24.5. The van der Waals surface area contributed by atoms with Gasteiger partial charge in [0.25, 0.3) is 0 Å². The number of unbranched alkanes of at least 4 members (excludes halogenated alkanes) is 45. The van der Waals surface area contributed by atoms with E-state index in [2.05, 4.69) is 31.3 Å². The van der Waals surface area contributed by atoms with Gasteiger partial charge in [0.2, 0.25) is 5.91 Å². The highest BCUT2D eigenvalue weighted by Gasteiger charge is 2.18. The Morgan fingerprint density at radius 1 is 0.391 bits per heavy atom. The SMILES string of the molecule is CCCCC/C=C\CCCCCCCC(=O)OCCCCCCCCCCCCCCCCCCCCCCCCCCCCCC(=O)NC(CO)C(O)/C=C/CCCCCCCCCCCCC. The van der Waals surface area contributed by atoms with E-state index in [-0.39, 0.29) is 18.5 Å². The Bertz CT molecular complexity index is 1080. The van der Waals surface area contributed by atoms with Crippen LogP contribution >= 0.6 is 0 Å². The fourth-order valence-corrected chi connectivity index (χ4v) is 9.69. The van der Waals surface area contributed by atoms with Gasteiger partial charge >= 0.3 is 5.97 Å². The van der Waals surface area contributed by atoms with E-state index in [0.29, 0.717) is 19.4 Å². The summed E-state index contributed by atoms with van der Waals surface area (Å²) in [6.45, 7) is 4.89. The molecule has 0 saturated carbocycles. The zero-order valence-electron chi connectivity index (χ0n) is 46.6. The summed E-state index contributed by atoms with van der Waals surface area (Å²) in [5, 5.41) is 23.1. The molecule has 0 bridgehead atoms. The Kier molecular flexibility index (Phi) is 57.5. The van der Waals surface area contributed by atoms with E-state index >= 15 is 0 Å². The third-order valence-corrected chi connectivity index (χ3v) is 14.5. The molecule has 2 unspecified atom stereocenters. The maximum absolute atomic E-state index is 12.4. The number of allylic oxidation sites excluding steroid dienone is 3. The molecule has 0 aromatic heterocycles. The lowest BCUT2D eigenvalue weighted by atomic mass is 10.0. The van der Waals surface area contributed by atoms with Crippen molar-refractivity contribution in [1.29, 1.82) is 0 Å². The highest BCUT2D eigenvalue weighted by Crippen LogP contribution is 2.18. The Hall–Kier alpha value is -1.66. The lowest BCUT2D eigenvalue weighted by Crippen LogP contribution is -2.45. The molecule has 6 nitrogen and oxygen atoms in total. The second-order valence-electron chi connectivity index (χ2n) is 21.4. The molecule has 6 heteroatoms. The number of ether oxygens (including phenoxy) is 1. The van der Waals surface area contributed by atoms with E-state index in [0.717, 1.165) is 44.9 Å². The zero-order chi connectivity index (χ0) is 50.0. The molecule has 0 saturated heterocycles. The molecule has 0 fully saturated rings. The number of carbonyl (C=O) groups excluding carboxylic acids is 2. The van der Waals surface area contributed by atoms with Gasteiger partial charge in [0, 0.05) is 12.8 Å². The van der Waals surface area contributed by atoms with Crippen LogP contribution < -0.4 is 5.32 Å². The molecule has 69 heavy (non-hydrogen) atoms. The summed E-state index contributed by atoms with van der Waals surface area (Å²) in [7, 11) is 0. The lowest BCUT2D eigenvalue weighted by Gasteiger charge is -2.20. The number of rotatable bonds is 58. The number of aliphatic hydroxyl groups is 2. The van der Waals surface area contributed by atoms with Gasteiger partial charge in [-0.15, -0.1) is 0 Å². The lowest BCUT2D eigenvalue weighted by molar-refractivity contribution is -0.143. The topological polar surface area (TPSA) is 95.9 Å². The van der Waals surface area contributed by atoms with Crippen molar-refractivity contribution in [2.45, 2.75) is 353 Å². The number of amides is 1. The van der Waals surface area contributed by atoms with Crippen molar-refractivity contribution >= 4 is 11.9 Å². The fourth-order valence-electron chi connectivity index (χ4n) is 9.69. The molecular formula is C63H121NO5. The van der Waals surface area contributed by atoms with E-state index < -0.39 is 12.1 Å². The van der Waals surface area contributed by atoms with E-state index in [4.69, 9.17) is 4.74 Å². The first-order valence-electron chi connectivity index (χ1n) is 31.1. The maximum atomic E-state index is 12.4. The maximum Gasteiger partial charge on any atom is 0.305 e. The van der Waals surface area contributed by atoms with Crippen LogP contribution in [0.15, 0.2) is 24.3 Å². The van der Waals surface area contributed by atoms with Crippen LogP contribution in [0.25, 0.3) is 0 Å². The highest BCUT2D eigenvalue weighted by atomic mass is 16.5. The standard InChI is InChI=1S/C63H121NO5/c1-3-5-7-9-11-13-15-32-35-39-43-47-51-55-61(66)60(59-65)64-62(67)56-52-48-44-40-36-33-30-28-26-24-22-20-18-17-19-21-23-25-27-29-31-34-38-42-46-50-54-58-69-63(68)57-53-49-45-41-37-16-14-12-10-8-6-4-2/h12,14,51,55,60-61,65-66H,3-11,13,15-50,52-54,56-59H2,1-2H3,(H,64,67)/b14-12-,55-51+. The predicted molar refractivity (Wildman–Crippen MR) is 301 cm³/mol. The van der Waals surface area contributed by atoms with E-state index in [9.17, 15) is 19.8 Å². The van der Waals surface area contributed by atoms with Crippen molar-refractivity contribution in [2.24, 2.45) is 0 Å². The largest absolute Gasteiger partial charge is 0.466 e. The summed E-state index contributed by atoms with van der Waals surface area (Å²) in [6, 6.07) is -0.624. The molecule has 3 N–H and O–H groups in total. The first kappa shape index (κ1) is 67.3. The highest BCUT2D eigenvalue weighted by molar-refractivity contribution is 5.76. The molecular weight excluding hydrogens is 851 g/mol. The molecule has 0 heterocycles. The van der Waals surface area contributed by atoms with Crippen molar-refractivity contribution in [1.82, 2.24) is 5.32 Å². The Labute approximate surface area is 431 Å². The van der Waals surface area contributed by atoms with Gasteiger partial charge in [0.15, 0.2) is 0 Å². The minimum Gasteiger partial charge on any atom is -0.466 e. The van der Waals surface area contributed by atoms with Crippen LogP contribution in [0.5, 0.6) is 0 Å². The minimum atomic E-state index is -0.841. The van der Waals surface area contributed by atoms with E-state index in [1.165, 1.54) is 270 Å². The zero-order valence-corrected chi connectivity index (χ0v) is 46.6. The number of hydrogen-bond donors (Lipinski definition) is 3. The van der Waals surface area contributed by atoms with Crippen molar-refractivity contribution < 1.29 is 24.5 Å². The molecule has 2 atom stereocenters. The van der Waals surface area contributed by atoms with Crippen LogP contribution in [0.1, 0.15) is 341 Å². The molecule has 0 radical (unpaired) electrons. The monoisotopic (exact) mass is 972 g/mol. The molecule has 0 aliphatic carbocycles. The summed E-state index contributed by atoms with van der Waals surface area (Å²) in [5.74, 6) is -0.0567. The van der Waals surface area contributed by atoms with Crippen LogP contribution in [0.4, 0.5) is 0 Å². The number of hydrogen-bond acceptors (Lipinski definition) is 5. The summed E-state index contributed by atoms with van der Waals surface area (Å²) in [5.41, 5.74) is 0. The average molecular weight is 973 g/mol. The van der Waals surface area contributed by atoms with E-state index in [1.54, 1.807) is 6.08 Å². The average Bonchev–Trinajstić information content (AvgIpc) is 3.35. The van der Waals surface area contributed by atoms with Crippen LogP contribution in [0.3, 0.4) is 0 Å². The Morgan fingerprint density at radius 2 is 0.681 bits per heavy atom. The van der Waals surface area contributed by atoms with Crippen LogP contribution in [0.2, 0.25) is 0 Å². The minimum absolute atomic E-state index is 0.00767. The van der Waals surface area contributed by atoms with Gasteiger partial charge in [-0.2, -0.15) is 0 Å². The van der Waals surface area contributed by atoms with Crippen molar-refractivity contribution in [2.75, 3.05) is 13.2 Å². The van der Waals surface area contributed by atoms with Gasteiger partial charge in [0.05, 0.1) is 25.4 Å². The second-order valence-corrected chi connectivity index (χ2v) is 21.4. The van der Waals surface area contributed by atoms with Gasteiger partial charge in [0.1, 0.15) is 0 Å². The van der Waals surface area contributed by atoms with Crippen LogP contribution in [0, 0.1) is 0 Å². The molecule has 1 amide bonds. The molecule has 408 valence electrons.